The second-order valence-corrected chi connectivity index (χ2v) is 26.7. The quantitative estimate of drug-likeness (QED) is 0.215. The van der Waals surface area contributed by atoms with Crippen molar-refractivity contribution in [1.82, 2.24) is 0 Å². The zero-order valence-electron chi connectivity index (χ0n) is 20.2. The van der Waals surface area contributed by atoms with Crippen LogP contribution >= 0.6 is 115 Å². The van der Waals surface area contributed by atoms with Gasteiger partial charge in [0.05, 0.1) is 26.3 Å². The van der Waals surface area contributed by atoms with E-state index in [1.54, 1.807) is 18.2 Å². The van der Waals surface area contributed by atoms with Gasteiger partial charge < -0.3 is 20.7 Å². The summed E-state index contributed by atoms with van der Waals surface area (Å²) in [6.07, 6.45) is 1.68. The molecule has 0 aliphatic carbocycles. The maximum atomic E-state index is 10.5. The fourth-order valence-corrected chi connectivity index (χ4v) is 20.3. The van der Waals surface area contributed by atoms with Crippen LogP contribution < -0.4 is 10.5 Å². The second kappa shape index (κ2) is 21.1. The van der Waals surface area contributed by atoms with Crippen molar-refractivity contribution in [3.05, 3.63) is 23.8 Å². The van der Waals surface area contributed by atoms with Gasteiger partial charge >= 0.3 is 5.97 Å². The molecule has 13 atom stereocenters. The summed E-state index contributed by atoms with van der Waals surface area (Å²) in [4.78, 5) is 10.5. The Bertz CT molecular complexity index is 769. The number of rotatable bonds is 13. The summed E-state index contributed by atoms with van der Waals surface area (Å²) in [7, 11) is 35.5. The van der Waals surface area contributed by atoms with Crippen molar-refractivity contribution in [1.29, 1.82) is 0 Å². The van der Waals surface area contributed by atoms with Gasteiger partial charge in [-0.2, -0.15) is 72.9 Å². The number of para-hydroxylation sites is 1. The van der Waals surface area contributed by atoms with E-state index >= 15 is 0 Å². The first-order valence-corrected chi connectivity index (χ1v) is 23.6. The summed E-state index contributed by atoms with van der Waals surface area (Å²) in [6, 6.07) is 6.88. The lowest BCUT2D eigenvalue weighted by Crippen LogP contribution is -2.69. The Morgan fingerprint density at radius 3 is 1.75 bits per heavy atom. The summed E-state index contributed by atoms with van der Waals surface area (Å²) < 4.78 is 4.89. The van der Waals surface area contributed by atoms with Crippen molar-refractivity contribution in [2.75, 3.05) is 7.11 Å². The van der Waals surface area contributed by atoms with Crippen molar-refractivity contribution in [2.45, 2.75) is 12.5 Å². The van der Waals surface area contributed by atoms with E-state index in [0.29, 0.717) is 48.9 Å². The van der Waals surface area contributed by atoms with Gasteiger partial charge in [-0.15, -0.1) is 42.1 Å². The summed E-state index contributed by atoms with van der Waals surface area (Å²) >= 11 is 0. The number of aliphatic carboxylic acids is 1. The molecule has 5 nitrogen and oxygen atoms in total. The van der Waals surface area contributed by atoms with E-state index in [-0.39, 0.29) is 25.1 Å². The largest absolute Gasteiger partial charge is 0.504 e. The standard InChI is InChI=1S/C10H13NO4.B8H23P13/c1-15-8-4-2-3-6(10(8)14)7(11)5-9(12)13;9-4(10)2(5(11)12)1(8(20-17)21(18)19)3(6(13)14)7(15)16/h2-4,7,14H,5,11H2,1H3,(H,12,13);20H,9-19H2. The maximum Gasteiger partial charge on any atom is 0.305 e. The number of carboxylic acids is 1. The lowest BCUT2D eigenvalue weighted by atomic mass is 8.65. The highest BCUT2D eigenvalue weighted by Gasteiger charge is 2.50. The van der Waals surface area contributed by atoms with E-state index in [0.717, 1.165) is 14.2 Å². The van der Waals surface area contributed by atoms with E-state index in [9.17, 15) is 9.90 Å². The molecule has 0 bridgehead atoms. The predicted octanol–water partition coefficient (Wildman–Crippen LogP) is 2.87. The first-order chi connectivity index (χ1) is 16.6. The molecule has 0 heterocycles. The number of ether oxygens (including phenoxy) is 1. The molecule has 36 heavy (non-hydrogen) atoms. The number of methoxy groups -OCH3 is 1. The molecule has 0 aromatic heterocycles. The molecule has 0 spiro atoms. The molecule has 0 aliphatic heterocycles. The van der Waals surface area contributed by atoms with Crippen LogP contribution in [0.1, 0.15) is 18.0 Å². The first kappa shape index (κ1) is 40.4. The minimum Gasteiger partial charge on any atom is -0.504 e. The molecule has 4 N–H and O–H groups in total. The third-order valence-corrected chi connectivity index (χ3v) is 17.8. The first-order valence-electron chi connectivity index (χ1n) is 10.7. The Labute approximate surface area is 249 Å². The number of aromatic hydroxyl groups is 1. The Hall–Kier alpha value is 4.36. The fraction of sp³-hybridized carbons (Fsp3) is 0.300. The number of carboxylic acid groups (broad SMARTS) is 1. The van der Waals surface area contributed by atoms with Crippen LogP contribution in [0, 0.1) is 0 Å². The van der Waals surface area contributed by atoms with E-state index in [2.05, 4.69) is 99.7 Å². The molecule has 1 aromatic rings. The highest BCUT2D eigenvalue weighted by molar-refractivity contribution is 8.70. The maximum absolute atomic E-state index is 10.5. The number of nitrogens with two attached hydrogens (primary N) is 1. The molecule has 0 fully saturated rings. The van der Waals surface area contributed by atoms with Crippen molar-refractivity contribution in [3.8, 4) is 11.5 Å². The Morgan fingerprint density at radius 1 is 1.00 bits per heavy atom. The van der Waals surface area contributed by atoms with Crippen LogP contribution in [-0.2, 0) is 4.79 Å². The van der Waals surface area contributed by atoms with Crippen LogP contribution in [0.5, 0.6) is 11.5 Å². The highest BCUT2D eigenvalue weighted by Crippen LogP contribution is 2.62. The van der Waals surface area contributed by atoms with Gasteiger partial charge in [0.15, 0.2) is 17.5 Å². The molecule has 13 unspecified atom stereocenters. The van der Waals surface area contributed by atoms with Gasteiger partial charge in [0.25, 0.3) is 0 Å². The van der Waals surface area contributed by atoms with Crippen molar-refractivity contribution in [2.24, 2.45) is 5.73 Å². The van der Waals surface area contributed by atoms with Gasteiger partial charge in [0.1, 0.15) is 24.2 Å². The smallest absolute Gasteiger partial charge is 0.305 e. The normalized spacial score (nSPS) is 11.4. The Morgan fingerprint density at radius 2 is 1.44 bits per heavy atom. The van der Waals surface area contributed by atoms with Crippen LogP contribution in [0.3, 0.4) is 0 Å². The fourth-order valence-electron chi connectivity index (χ4n) is 3.91. The van der Waals surface area contributed by atoms with E-state index < -0.39 is 12.0 Å². The molecular formula is C10H36B8NO4P13. The van der Waals surface area contributed by atoms with Crippen LogP contribution in [0.25, 0.3) is 0 Å². The topological polar surface area (TPSA) is 92.8 Å². The van der Waals surface area contributed by atoms with Gasteiger partial charge in [-0.25, -0.2) is 0 Å². The van der Waals surface area contributed by atoms with Crippen LogP contribution in [-0.4, -0.2) is 72.7 Å². The van der Waals surface area contributed by atoms with Crippen molar-refractivity contribution >= 4 is 170 Å². The SMILES string of the molecule is COc1cccc(C(N)CC(=O)O)c1O.PPB(B(B(B(P)P)B(P)P)B(B(P)P)B(P)P)P(P)P. The number of phenolic OH excluding ortho intramolecular Hbond substituents is 1. The van der Waals surface area contributed by atoms with E-state index in [4.69, 9.17) is 15.6 Å². The van der Waals surface area contributed by atoms with Crippen molar-refractivity contribution in [3.63, 3.8) is 0 Å². The minimum absolute atomic E-state index is 0.103. The lowest BCUT2D eigenvalue weighted by Gasteiger charge is -2.39. The van der Waals surface area contributed by atoms with Crippen LogP contribution in [0.2, 0.25) is 0 Å². The number of hydrogen-bond donors (Lipinski definition) is 3. The van der Waals surface area contributed by atoms with Gasteiger partial charge in [0.2, 0.25) is 0 Å². The molecule has 1 aromatic carbocycles. The molecule has 26 heteroatoms. The lowest BCUT2D eigenvalue weighted by molar-refractivity contribution is -0.137. The molecule has 0 amide bonds. The monoisotopic (exact) mass is 725 g/mol. The zero-order valence-corrected chi connectivity index (χ0v) is 34.8. The molecular weight excluding hydrogens is 687 g/mol. The molecule has 0 radical (unpaired) electrons. The average Bonchev–Trinajstić information content (AvgIpc) is 2.73. The van der Waals surface area contributed by atoms with Crippen LogP contribution in [0.15, 0.2) is 18.2 Å². The summed E-state index contributed by atoms with van der Waals surface area (Å²) in [5, 5.41) is 18.2. The van der Waals surface area contributed by atoms with Crippen LogP contribution in [0.4, 0.5) is 0 Å². The molecule has 0 saturated heterocycles. The third-order valence-electron chi connectivity index (χ3n) is 5.57. The molecule has 0 aliphatic rings. The number of phenols is 1. The number of carbonyl (C=O) groups is 1. The van der Waals surface area contributed by atoms with Gasteiger partial charge in [-0.3, -0.25) is 4.79 Å². The van der Waals surface area contributed by atoms with Gasteiger partial charge in [0, 0.05) is 18.0 Å². The third kappa shape index (κ3) is 13.8. The van der Waals surface area contributed by atoms with Gasteiger partial charge in [-0.05, 0) is 6.07 Å². The van der Waals surface area contributed by atoms with E-state index in [1.165, 1.54) is 7.11 Å². The van der Waals surface area contributed by atoms with Gasteiger partial charge in [-0.1, -0.05) is 12.1 Å². The minimum atomic E-state index is -1.01. The van der Waals surface area contributed by atoms with E-state index in [1.807, 2.05) is 0 Å². The zero-order chi connectivity index (χ0) is 28.3. The second-order valence-electron chi connectivity index (χ2n) is 8.20. The Kier molecular flexibility index (Phi) is 23.7. The summed E-state index contributed by atoms with van der Waals surface area (Å²) in [5.41, 5.74) is 6.00. The summed E-state index contributed by atoms with van der Waals surface area (Å²) in [5.74, 6) is -0.827. The molecule has 194 valence electrons. The molecule has 0 saturated carbocycles. The predicted molar refractivity (Wildman–Crippen MR) is 222 cm³/mol. The number of benzene rings is 1. The Balaban J connectivity index is 0.000000717. The molecule has 1 rings (SSSR count). The van der Waals surface area contributed by atoms with Crippen molar-refractivity contribution < 1.29 is 19.7 Å². The summed E-state index contributed by atoms with van der Waals surface area (Å²) in [6.45, 7) is 0. The number of hydrogen-bond acceptors (Lipinski definition) is 4. The average molecular weight is 724 g/mol. The highest BCUT2D eigenvalue weighted by atomic mass is 32.4.